The van der Waals surface area contributed by atoms with Crippen molar-refractivity contribution in [2.75, 3.05) is 0 Å². The average molecular weight is 342 g/mol. The second-order valence-corrected chi connectivity index (χ2v) is 6.98. The number of benzene rings is 1. The molecule has 0 amide bonds. The Bertz CT molecular complexity index is 777. The van der Waals surface area contributed by atoms with Crippen LogP contribution in [-0.4, -0.2) is 30.0 Å². The van der Waals surface area contributed by atoms with E-state index in [0.717, 1.165) is 22.9 Å². The Morgan fingerprint density at radius 2 is 1.96 bits per heavy atom. The molecule has 1 aromatic carbocycles. The van der Waals surface area contributed by atoms with Gasteiger partial charge in [0.15, 0.2) is 0 Å². The van der Waals surface area contributed by atoms with Gasteiger partial charge in [0.2, 0.25) is 5.82 Å². The fraction of sp³-hybridized carbons (Fsp3) is 0.412. The summed E-state index contributed by atoms with van der Waals surface area (Å²) in [6, 6.07) is 10.5. The fourth-order valence-corrected chi connectivity index (χ4v) is 3.43. The predicted octanol–water partition coefficient (Wildman–Crippen LogP) is 3.50. The average Bonchev–Trinajstić information content (AvgIpc) is 3.20. The molecule has 7 heteroatoms. The Morgan fingerprint density at radius 1 is 1.17 bits per heavy atom. The van der Waals surface area contributed by atoms with Crippen molar-refractivity contribution in [3.05, 3.63) is 42.1 Å². The molecule has 126 valence electrons. The first kappa shape index (κ1) is 16.7. The molecule has 0 radical (unpaired) electrons. The van der Waals surface area contributed by atoms with E-state index in [1.54, 1.807) is 16.6 Å². The van der Waals surface area contributed by atoms with Gasteiger partial charge in [0.25, 0.3) is 0 Å². The summed E-state index contributed by atoms with van der Waals surface area (Å²) < 4.78 is 2.06. The number of tetrazole rings is 1. The summed E-state index contributed by atoms with van der Waals surface area (Å²) in [6.45, 7) is 7.97. The van der Waals surface area contributed by atoms with Gasteiger partial charge in [-0.2, -0.15) is 9.90 Å². The van der Waals surface area contributed by atoms with Crippen molar-refractivity contribution in [1.29, 1.82) is 0 Å². The molecular formula is C17H22N6S. The van der Waals surface area contributed by atoms with Crippen molar-refractivity contribution in [2.24, 2.45) is 5.92 Å². The van der Waals surface area contributed by atoms with Gasteiger partial charge < -0.3 is 0 Å². The summed E-state index contributed by atoms with van der Waals surface area (Å²) in [6.07, 6.45) is 1.85. The Morgan fingerprint density at radius 3 is 2.62 bits per heavy atom. The number of aromatic nitrogens is 6. The molecule has 6 nitrogen and oxygen atoms in total. The highest BCUT2D eigenvalue weighted by Gasteiger charge is 2.18. The Hall–Kier alpha value is -2.15. The zero-order chi connectivity index (χ0) is 16.9. The van der Waals surface area contributed by atoms with Crippen LogP contribution >= 0.6 is 11.8 Å². The minimum Gasteiger partial charge on any atom is -0.258 e. The van der Waals surface area contributed by atoms with Gasteiger partial charge in [-0.25, -0.2) is 0 Å². The lowest BCUT2D eigenvalue weighted by Gasteiger charge is -2.10. The lowest BCUT2D eigenvalue weighted by molar-refractivity contribution is 0.457. The van der Waals surface area contributed by atoms with Crippen LogP contribution in [0.15, 0.2) is 41.6 Å². The van der Waals surface area contributed by atoms with Gasteiger partial charge in [-0.15, -0.1) is 22.0 Å². The Labute approximate surface area is 146 Å². The monoisotopic (exact) mass is 342 g/mol. The highest BCUT2D eigenvalue weighted by molar-refractivity contribution is 7.98. The second kappa shape index (κ2) is 7.61. The van der Waals surface area contributed by atoms with Gasteiger partial charge in [-0.3, -0.25) is 4.68 Å². The Kier molecular flexibility index (Phi) is 5.30. The largest absolute Gasteiger partial charge is 0.258 e. The number of hydrogen-bond acceptors (Lipinski definition) is 5. The number of rotatable bonds is 7. The third-order valence-corrected chi connectivity index (χ3v) is 4.71. The zero-order valence-corrected chi connectivity index (χ0v) is 15.1. The molecule has 3 rings (SSSR count). The third kappa shape index (κ3) is 3.84. The molecule has 0 aliphatic rings. The van der Waals surface area contributed by atoms with E-state index in [9.17, 15) is 0 Å². The number of aryl methyl sites for hydroxylation is 1. The molecule has 2 heterocycles. The van der Waals surface area contributed by atoms with E-state index in [2.05, 4.69) is 63.3 Å². The number of nitrogens with zero attached hydrogens (tertiary/aromatic N) is 6. The van der Waals surface area contributed by atoms with Crippen LogP contribution < -0.4 is 0 Å². The summed E-state index contributed by atoms with van der Waals surface area (Å²) in [5.41, 5.74) is 2.24. The molecule has 0 fully saturated rings. The van der Waals surface area contributed by atoms with Crippen LogP contribution in [0.2, 0.25) is 0 Å². The zero-order valence-electron chi connectivity index (χ0n) is 14.3. The first-order chi connectivity index (χ1) is 11.7. The van der Waals surface area contributed by atoms with Crippen LogP contribution in [-0.2, 0) is 18.8 Å². The van der Waals surface area contributed by atoms with Gasteiger partial charge in [-0.1, -0.05) is 44.2 Å². The van der Waals surface area contributed by atoms with Crippen molar-refractivity contribution < 1.29 is 0 Å². The highest BCUT2D eigenvalue weighted by atomic mass is 32.2. The number of thioether (sulfide) groups is 1. The summed E-state index contributed by atoms with van der Waals surface area (Å²) in [7, 11) is 0. The van der Waals surface area contributed by atoms with Gasteiger partial charge in [0, 0.05) is 12.3 Å². The Balaban J connectivity index is 1.89. The molecule has 0 saturated carbocycles. The molecule has 0 aliphatic heterocycles. The molecule has 0 atom stereocenters. The predicted molar refractivity (Wildman–Crippen MR) is 95.6 cm³/mol. The molecule has 0 aliphatic carbocycles. The quantitative estimate of drug-likeness (QED) is 0.615. The highest BCUT2D eigenvalue weighted by Crippen LogP contribution is 2.32. The normalized spacial score (nSPS) is 11.3. The fourth-order valence-electron chi connectivity index (χ4n) is 2.37. The molecule has 0 N–H and O–H groups in total. The molecule has 0 spiro atoms. The van der Waals surface area contributed by atoms with E-state index in [1.165, 1.54) is 5.56 Å². The maximum atomic E-state index is 4.56. The van der Waals surface area contributed by atoms with Crippen LogP contribution in [0.1, 0.15) is 26.3 Å². The summed E-state index contributed by atoms with van der Waals surface area (Å²) in [5.74, 6) is 2.05. The van der Waals surface area contributed by atoms with Gasteiger partial charge in [-0.05, 0) is 23.6 Å². The first-order valence-corrected chi connectivity index (χ1v) is 9.16. The van der Waals surface area contributed by atoms with Gasteiger partial charge in [0.1, 0.15) is 5.03 Å². The summed E-state index contributed by atoms with van der Waals surface area (Å²) >= 11 is 1.77. The van der Waals surface area contributed by atoms with Crippen molar-refractivity contribution in [3.63, 3.8) is 0 Å². The molecule has 2 aromatic heterocycles. The van der Waals surface area contributed by atoms with E-state index in [0.29, 0.717) is 18.3 Å². The van der Waals surface area contributed by atoms with E-state index >= 15 is 0 Å². The molecule has 24 heavy (non-hydrogen) atoms. The minimum atomic E-state index is 0.521. The van der Waals surface area contributed by atoms with E-state index < -0.39 is 0 Å². The van der Waals surface area contributed by atoms with Crippen LogP contribution in [0.3, 0.4) is 0 Å². The lowest BCUT2D eigenvalue weighted by atomic mass is 10.2. The smallest absolute Gasteiger partial charge is 0.209 e. The van der Waals surface area contributed by atoms with Gasteiger partial charge >= 0.3 is 0 Å². The van der Waals surface area contributed by atoms with Crippen molar-refractivity contribution in [3.8, 4) is 11.4 Å². The van der Waals surface area contributed by atoms with E-state index in [-0.39, 0.29) is 0 Å². The molecular weight excluding hydrogens is 320 g/mol. The first-order valence-electron chi connectivity index (χ1n) is 8.18. The molecule has 3 aromatic rings. The maximum Gasteiger partial charge on any atom is 0.209 e. The number of hydrogen-bond donors (Lipinski definition) is 0. The summed E-state index contributed by atoms with van der Waals surface area (Å²) in [4.78, 5) is 1.60. The van der Waals surface area contributed by atoms with Crippen molar-refractivity contribution >= 4 is 11.8 Å². The maximum absolute atomic E-state index is 4.56. The topological polar surface area (TPSA) is 61.4 Å². The second-order valence-electron chi connectivity index (χ2n) is 6.02. The standard InChI is InChI=1S/C17H22N6S/c1-4-23-20-16(19-21-23)15-10-18-22(11-13(2)3)17(15)24-12-14-8-6-5-7-9-14/h5-10,13H,4,11-12H2,1-3H3. The minimum absolute atomic E-state index is 0.521. The van der Waals surface area contributed by atoms with E-state index in [4.69, 9.17) is 0 Å². The van der Waals surface area contributed by atoms with Crippen LogP contribution in [0, 0.1) is 5.92 Å². The summed E-state index contributed by atoms with van der Waals surface area (Å²) in [5, 5.41) is 18.3. The molecule has 0 saturated heterocycles. The van der Waals surface area contributed by atoms with Crippen molar-refractivity contribution in [1.82, 2.24) is 30.0 Å². The van der Waals surface area contributed by atoms with Crippen LogP contribution in [0.4, 0.5) is 0 Å². The van der Waals surface area contributed by atoms with Gasteiger partial charge in [0.05, 0.1) is 18.3 Å². The lowest BCUT2D eigenvalue weighted by Crippen LogP contribution is -2.07. The van der Waals surface area contributed by atoms with Crippen molar-refractivity contribution in [2.45, 2.75) is 44.6 Å². The molecule has 0 bridgehead atoms. The molecule has 0 unspecified atom stereocenters. The van der Waals surface area contributed by atoms with Crippen LogP contribution in [0.5, 0.6) is 0 Å². The SMILES string of the molecule is CCn1nnc(-c2cnn(CC(C)C)c2SCc2ccccc2)n1. The van der Waals surface area contributed by atoms with Crippen LogP contribution in [0.25, 0.3) is 11.4 Å². The van der Waals surface area contributed by atoms with E-state index in [1.807, 2.05) is 19.2 Å². The third-order valence-electron chi connectivity index (χ3n) is 3.52.